The van der Waals surface area contributed by atoms with Crippen molar-refractivity contribution >= 4 is 43.7 Å². The van der Waals surface area contributed by atoms with E-state index in [1.54, 1.807) is 10.7 Å². The highest BCUT2D eigenvalue weighted by atomic mass is 32.1. The summed E-state index contributed by atoms with van der Waals surface area (Å²) in [7, 11) is 0. The van der Waals surface area contributed by atoms with E-state index in [1.807, 2.05) is 0 Å². The summed E-state index contributed by atoms with van der Waals surface area (Å²) in [6.07, 6.45) is -3.30. The molecular weight excluding hydrogens is 385 g/mol. The molecule has 27 heavy (non-hydrogen) atoms. The number of nitrogens with zero attached hydrogens (tertiary/aromatic N) is 3. The van der Waals surface area contributed by atoms with Crippen LogP contribution in [-0.2, 0) is 0 Å². The molecule has 0 saturated carbocycles. The number of fused-ring (bicyclic) bond motifs is 2. The standard InChI is InChI=1S/C16H9F3N4O3S/c17-16(18,19)26-9-2-3-10-13(6-9)27-15(21-10)22-23-7-20-11-5-8(14(24)25)1-4-12(11)23/h1-7H,(H,21,22)(H,24,25). The normalized spacial score (nSPS) is 11.8. The monoisotopic (exact) mass is 394 g/mol. The van der Waals surface area contributed by atoms with Gasteiger partial charge in [0.2, 0.25) is 5.13 Å². The third-order valence-corrected chi connectivity index (χ3v) is 4.53. The minimum absolute atomic E-state index is 0.116. The lowest BCUT2D eigenvalue weighted by atomic mass is 10.2. The number of ether oxygens (including phenoxy) is 1. The van der Waals surface area contributed by atoms with Gasteiger partial charge in [-0.1, -0.05) is 11.3 Å². The van der Waals surface area contributed by atoms with Crippen LogP contribution in [0.1, 0.15) is 10.4 Å². The molecule has 0 radical (unpaired) electrons. The maximum absolute atomic E-state index is 12.3. The first-order chi connectivity index (χ1) is 12.8. The Labute approximate surface area is 152 Å². The summed E-state index contributed by atoms with van der Waals surface area (Å²) in [4.78, 5) is 19.5. The molecule has 138 valence electrons. The summed E-state index contributed by atoms with van der Waals surface area (Å²) in [5.74, 6) is -1.37. The molecule has 2 heterocycles. The van der Waals surface area contributed by atoms with Gasteiger partial charge < -0.3 is 9.84 Å². The molecule has 4 rings (SSSR count). The van der Waals surface area contributed by atoms with E-state index in [4.69, 9.17) is 5.11 Å². The highest BCUT2D eigenvalue weighted by molar-refractivity contribution is 7.22. The number of hydrogen-bond donors (Lipinski definition) is 2. The number of carboxylic acids is 1. The first-order valence-corrected chi connectivity index (χ1v) is 8.24. The molecule has 2 aromatic heterocycles. The second kappa shape index (κ2) is 6.13. The van der Waals surface area contributed by atoms with Gasteiger partial charge in [0.05, 0.1) is 26.8 Å². The molecular formula is C16H9F3N4O3S. The van der Waals surface area contributed by atoms with Gasteiger partial charge in [0, 0.05) is 6.07 Å². The Morgan fingerprint density at radius 3 is 2.74 bits per heavy atom. The van der Waals surface area contributed by atoms with E-state index in [1.165, 1.54) is 36.7 Å². The SMILES string of the molecule is O=C(O)c1ccc2c(c1)ncn2Nc1nc2ccc(OC(F)(F)F)cc2s1. The third kappa shape index (κ3) is 3.49. The van der Waals surface area contributed by atoms with Gasteiger partial charge >= 0.3 is 12.3 Å². The lowest BCUT2D eigenvalue weighted by Gasteiger charge is -2.07. The van der Waals surface area contributed by atoms with E-state index < -0.39 is 12.3 Å². The first kappa shape index (κ1) is 17.1. The van der Waals surface area contributed by atoms with E-state index in [9.17, 15) is 18.0 Å². The van der Waals surface area contributed by atoms with Crippen molar-refractivity contribution in [3.63, 3.8) is 0 Å². The Hall–Kier alpha value is -3.34. The summed E-state index contributed by atoms with van der Waals surface area (Å²) in [5.41, 5.74) is 4.71. The molecule has 2 aromatic carbocycles. The van der Waals surface area contributed by atoms with Gasteiger partial charge in [-0.25, -0.2) is 19.4 Å². The van der Waals surface area contributed by atoms with Crippen LogP contribution in [0.4, 0.5) is 18.3 Å². The summed E-state index contributed by atoms with van der Waals surface area (Å²) >= 11 is 1.14. The number of rotatable bonds is 4. The van der Waals surface area contributed by atoms with Crippen molar-refractivity contribution < 1.29 is 27.8 Å². The van der Waals surface area contributed by atoms with Crippen LogP contribution < -0.4 is 10.2 Å². The third-order valence-electron chi connectivity index (χ3n) is 3.60. The molecule has 0 spiro atoms. The van der Waals surface area contributed by atoms with Crippen LogP contribution in [0, 0.1) is 0 Å². The number of anilines is 1. The molecule has 0 amide bonds. The number of imidazole rings is 1. The minimum atomic E-state index is -4.76. The van der Waals surface area contributed by atoms with Crippen LogP contribution in [0.5, 0.6) is 5.75 Å². The molecule has 0 saturated heterocycles. The molecule has 0 atom stereocenters. The Morgan fingerprint density at radius 1 is 1.19 bits per heavy atom. The lowest BCUT2D eigenvalue weighted by Crippen LogP contribution is -2.16. The van der Waals surface area contributed by atoms with Gasteiger partial charge in [0.25, 0.3) is 0 Å². The summed E-state index contributed by atoms with van der Waals surface area (Å²) in [5, 5.41) is 9.45. The maximum atomic E-state index is 12.3. The molecule has 2 N–H and O–H groups in total. The van der Waals surface area contributed by atoms with Crippen LogP contribution in [0.25, 0.3) is 21.3 Å². The van der Waals surface area contributed by atoms with E-state index in [0.717, 1.165) is 11.3 Å². The second-order valence-corrected chi connectivity index (χ2v) is 6.46. The number of carboxylic acid groups (broad SMARTS) is 1. The van der Waals surface area contributed by atoms with Crippen molar-refractivity contribution in [3.8, 4) is 5.75 Å². The number of thiazole rings is 1. The number of halogens is 3. The van der Waals surface area contributed by atoms with Crippen molar-refractivity contribution in [2.75, 3.05) is 5.43 Å². The van der Waals surface area contributed by atoms with Gasteiger partial charge in [0.1, 0.15) is 12.1 Å². The molecule has 4 aromatic rings. The van der Waals surface area contributed by atoms with Gasteiger partial charge in [-0.2, -0.15) is 0 Å². The predicted molar refractivity (Wildman–Crippen MR) is 92.0 cm³/mol. The van der Waals surface area contributed by atoms with Crippen molar-refractivity contribution in [2.24, 2.45) is 0 Å². The number of aromatic nitrogens is 3. The van der Waals surface area contributed by atoms with E-state index in [-0.39, 0.29) is 11.3 Å². The number of aromatic carboxylic acids is 1. The van der Waals surface area contributed by atoms with E-state index in [2.05, 4.69) is 20.1 Å². The van der Waals surface area contributed by atoms with Gasteiger partial charge in [-0.15, -0.1) is 13.2 Å². The second-order valence-electron chi connectivity index (χ2n) is 5.43. The average Bonchev–Trinajstić information content (AvgIpc) is 3.16. The number of benzene rings is 2. The first-order valence-electron chi connectivity index (χ1n) is 7.42. The molecule has 0 aliphatic carbocycles. The highest BCUT2D eigenvalue weighted by Gasteiger charge is 2.31. The van der Waals surface area contributed by atoms with Crippen molar-refractivity contribution in [1.29, 1.82) is 0 Å². The smallest absolute Gasteiger partial charge is 0.478 e. The molecule has 0 aliphatic heterocycles. The van der Waals surface area contributed by atoms with Crippen LogP contribution in [-0.4, -0.2) is 32.1 Å². The summed E-state index contributed by atoms with van der Waals surface area (Å²) in [6, 6.07) is 8.37. The number of nitrogens with one attached hydrogen (secondary N) is 1. The predicted octanol–water partition coefficient (Wildman–Crippen LogP) is 4.12. The van der Waals surface area contributed by atoms with E-state index in [0.29, 0.717) is 26.4 Å². The quantitative estimate of drug-likeness (QED) is 0.541. The molecule has 0 fully saturated rings. The van der Waals surface area contributed by atoms with Crippen LogP contribution in [0.2, 0.25) is 0 Å². The fourth-order valence-corrected chi connectivity index (χ4v) is 3.38. The molecule has 0 bridgehead atoms. The fourth-order valence-electron chi connectivity index (χ4n) is 2.49. The highest BCUT2D eigenvalue weighted by Crippen LogP contribution is 2.32. The summed E-state index contributed by atoms with van der Waals surface area (Å²) < 4.78 is 43.0. The topological polar surface area (TPSA) is 89.3 Å². The molecule has 0 aliphatic rings. The summed E-state index contributed by atoms with van der Waals surface area (Å²) in [6.45, 7) is 0. The Balaban J connectivity index is 1.63. The maximum Gasteiger partial charge on any atom is 0.573 e. The van der Waals surface area contributed by atoms with Crippen molar-refractivity contribution in [2.45, 2.75) is 6.36 Å². The largest absolute Gasteiger partial charge is 0.573 e. The molecule has 11 heteroatoms. The van der Waals surface area contributed by atoms with Crippen molar-refractivity contribution in [3.05, 3.63) is 48.3 Å². The van der Waals surface area contributed by atoms with Crippen LogP contribution >= 0.6 is 11.3 Å². The molecule has 0 unspecified atom stereocenters. The number of hydrogen-bond acceptors (Lipinski definition) is 6. The van der Waals surface area contributed by atoms with Gasteiger partial charge in [0.15, 0.2) is 0 Å². The Morgan fingerprint density at radius 2 is 2.00 bits per heavy atom. The van der Waals surface area contributed by atoms with Crippen molar-refractivity contribution in [1.82, 2.24) is 14.6 Å². The Bertz CT molecular complexity index is 1170. The average molecular weight is 394 g/mol. The van der Waals surface area contributed by atoms with Gasteiger partial charge in [-0.05, 0) is 30.3 Å². The zero-order chi connectivity index (χ0) is 19.2. The van der Waals surface area contributed by atoms with Gasteiger partial charge in [-0.3, -0.25) is 5.43 Å². The fraction of sp³-hybridized carbons (Fsp3) is 0.0625. The van der Waals surface area contributed by atoms with Crippen LogP contribution in [0.3, 0.4) is 0 Å². The lowest BCUT2D eigenvalue weighted by molar-refractivity contribution is -0.274. The van der Waals surface area contributed by atoms with Crippen LogP contribution in [0.15, 0.2) is 42.7 Å². The number of alkyl halides is 3. The zero-order valence-corrected chi connectivity index (χ0v) is 14.0. The zero-order valence-electron chi connectivity index (χ0n) is 13.2. The Kier molecular flexibility index (Phi) is 3.88. The minimum Gasteiger partial charge on any atom is -0.478 e. The number of carbonyl (C=O) groups is 1. The van der Waals surface area contributed by atoms with E-state index >= 15 is 0 Å². The molecule has 7 nitrogen and oxygen atoms in total.